The fourth-order valence-electron chi connectivity index (χ4n) is 4.47. The van der Waals surface area contributed by atoms with Gasteiger partial charge in [-0.15, -0.1) is 0 Å². The first-order valence-electron chi connectivity index (χ1n) is 10.9. The molecule has 4 rings (SSSR count). The predicted octanol–water partition coefficient (Wildman–Crippen LogP) is 2.51. The molecule has 0 radical (unpaired) electrons. The van der Waals surface area contributed by atoms with Crippen LogP contribution in [0.3, 0.4) is 0 Å². The van der Waals surface area contributed by atoms with Crippen molar-refractivity contribution in [2.24, 2.45) is 0 Å². The molecule has 2 saturated heterocycles. The Morgan fingerprint density at radius 3 is 2.93 bits per heavy atom. The molecule has 0 spiro atoms. The number of anilines is 1. The van der Waals surface area contributed by atoms with Gasteiger partial charge in [-0.3, -0.25) is 9.69 Å². The van der Waals surface area contributed by atoms with Crippen LogP contribution in [0.4, 0.5) is 5.82 Å². The second-order valence-electron chi connectivity index (χ2n) is 8.43. The number of amides is 1. The highest BCUT2D eigenvalue weighted by molar-refractivity contribution is 5.94. The second kappa shape index (κ2) is 8.95. The Hall–Kier alpha value is -2.41. The Labute approximate surface area is 173 Å². The first-order valence-corrected chi connectivity index (χ1v) is 10.9. The number of nitrogens with zero attached hydrogens (tertiary/aromatic N) is 5. The smallest absolute Gasteiger partial charge is 0.252 e. The zero-order valence-corrected chi connectivity index (χ0v) is 17.5. The van der Waals surface area contributed by atoms with Crippen LogP contribution in [0.5, 0.6) is 0 Å². The standard InChI is InChI=1S/C22H32N6O/c1-17(2)21-23-9-12-27(21)11-4-8-24-22(29)18-6-7-20(25-15-18)28-14-13-26-10-3-5-19(26)16-28/h6-7,9,12,15,17,19H,3-5,8,10-11,13-14,16H2,1-2H3,(H,24,29)/t19-/m0/s1. The van der Waals surface area contributed by atoms with Gasteiger partial charge < -0.3 is 14.8 Å². The van der Waals surface area contributed by atoms with Crippen LogP contribution in [0.25, 0.3) is 0 Å². The van der Waals surface area contributed by atoms with Crippen molar-refractivity contribution < 1.29 is 4.79 Å². The maximum Gasteiger partial charge on any atom is 0.252 e. The lowest BCUT2D eigenvalue weighted by Gasteiger charge is -2.38. The molecule has 156 valence electrons. The number of carbonyl (C=O) groups excluding carboxylic acids is 1. The summed E-state index contributed by atoms with van der Waals surface area (Å²) in [7, 11) is 0. The Balaban J connectivity index is 1.24. The van der Waals surface area contributed by atoms with E-state index in [1.807, 2.05) is 24.5 Å². The van der Waals surface area contributed by atoms with Gasteiger partial charge >= 0.3 is 0 Å². The predicted molar refractivity (Wildman–Crippen MR) is 114 cm³/mol. The molecule has 0 aromatic carbocycles. The molecule has 7 nitrogen and oxygen atoms in total. The lowest BCUT2D eigenvalue weighted by Crippen LogP contribution is -2.50. The molecular formula is C22H32N6O. The highest BCUT2D eigenvalue weighted by Crippen LogP contribution is 2.24. The molecule has 1 amide bonds. The highest BCUT2D eigenvalue weighted by Gasteiger charge is 2.30. The number of imidazole rings is 1. The van der Waals surface area contributed by atoms with Crippen LogP contribution in [0.2, 0.25) is 0 Å². The lowest BCUT2D eigenvalue weighted by molar-refractivity contribution is 0.0952. The minimum atomic E-state index is -0.0561. The van der Waals surface area contributed by atoms with E-state index in [2.05, 4.69) is 43.5 Å². The zero-order chi connectivity index (χ0) is 20.2. The fraction of sp³-hybridized carbons (Fsp3) is 0.591. The van der Waals surface area contributed by atoms with Gasteiger partial charge in [0.05, 0.1) is 5.56 Å². The van der Waals surface area contributed by atoms with Crippen LogP contribution < -0.4 is 10.2 Å². The molecule has 0 saturated carbocycles. The lowest BCUT2D eigenvalue weighted by atomic mass is 10.1. The third-order valence-corrected chi connectivity index (χ3v) is 6.05. The molecule has 2 fully saturated rings. The van der Waals surface area contributed by atoms with Crippen LogP contribution in [-0.2, 0) is 6.54 Å². The Morgan fingerprint density at radius 2 is 2.14 bits per heavy atom. The SMILES string of the molecule is CC(C)c1nccn1CCCNC(=O)c1ccc(N2CCN3CCC[C@H]3C2)nc1. The Kier molecular flexibility index (Phi) is 6.13. The van der Waals surface area contributed by atoms with Crippen molar-refractivity contribution in [2.45, 2.75) is 51.6 Å². The number of pyridine rings is 1. The zero-order valence-electron chi connectivity index (χ0n) is 17.5. The van der Waals surface area contributed by atoms with E-state index in [1.165, 1.54) is 19.4 Å². The van der Waals surface area contributed by atoms with Gasteiger partial charge in [-0.2, -0.15) is 0 Å². The number of carbonyl (C=O) groups is 1. The van der Waals surface area contributed by atoms with Crippen LogP contribution in [-0.4, -0.2) is 64.1 Å². The molecule has 2 aliphatic rings. The van der Waals surface area contributed by atoms with Crippen molar-refractivity contribution in [1.29, 1.82) is 0 Å². The van der Waals surface area contributed by atoms with E-state index in [1.54, 1.807) is 6.20 Å². The fourth-order valence-corrected chi connectivity index (χ4v) is 4.47. The summed E-state index contributed by atoms with van der Waals surface area (Å²) in [5.41, 5.74) is 0.624. The molecule has 29 heavy (non-hydrogen) atoms. The maximum atomic E-state index is 12.4. The third kappa shape index (κ3) is 4.61. The summed E-state index contributed by atoms with van der Waals surface area (Å²) in [6.07, 6.45) is 9.02. The van der Waals surface area contributed by atoms with Gasteiger partial charge in [0.2, 0.25) is 0 Å². The van der Waals surface area contributed by atoms with E-state index in [9.17, 15) is 4.79 Å². The number of nitrogens with one attached hydrogen (secondary N) is 1. The molecule has 0 aliphatic carbocycles. The molecule has 1 N–H and O–H groups in total. The summed E-state index contributed by atoms with van der Waals surface area (Å²) in [6, 6.07) is 4.55. The number of hydrogen-bond donors (Lipinski definition) is 1. The van der Waals surface area contributed by atoms with E-state index in [-0.39, 0.29) is 5.91 Å². The van der Waals surface area contributed by atoms with E-state index in [0.717, 1.165) is 44.2 Å². The van der Waals surface area contributed by atoms with Crippen molar-refractivity contribution in [2.75, 3.05) is 37.6 Å². The van der Waals surface area contributed by atoms with Gasteiger partial charge in [0.25, 0.3) is 5.91 Å². The third-order valence-electron chi connectivity index (χ3n) is 6.05. The number of aromatic nitrogens is 3. The van der Waals surface area contributed by atoms with Crippen molar-refractivity contribution >= 4 is 11.7 Å². The summed E-state index contributed by atoms with van der Waals surface area (Å²) in [6.45, 7) is 10.2. The van der Waals surface area contributed by atoms with Crippen molar-refractivity contribution in [3.63, 3.8) is 0 Å². The van der Waals surface area contributed by atoms with Crippen molar-refractivity contribution in [1.82, 2.24) is 24.8 Å². The van der Waals surface area contributed by atoms with Gasteiger partial charge in [-0.25, -0.2) is 9.97 Å². The highest BCUT2D eigenvalue weighted by atomic mass is 16.1. The first kappa shape index (κ1) is 19.9. The molecule has 0 unspecified atom stereocenters. The molecule has 1 atom stereocenters. The Bertz CT molecular complexity index is 815. The summed E-state index contributed by atoms with van der Waals surface area (Å²) < 4.78 is 2.16. The van der Waals surface area contributed by atoms with E-state index >= 15 is 0 Å². The van der Waals surface area contributed by atoms with Crippen LogP contribution in [0.15, 0.2) is 30.7 Å². The van der Waals surface area contributed by atoms with Crippen molar-refractivity contribution in [3.05, 3.63) is 42.1 Å². The largest absolute Gasteiger partial charge is 0.354 e. The Morgan fingerprint density at radius 1 is 1.24 bits per heavy atom. The van der Waals surface area contributed by atoms with Gasteiger partial charge in [0, 0.05) is 63.3 Å². The molecule has 7 heteroatoms. The quantitative estimate of drug-likeness (QED) is 0.729. The number of rotatable bonds is 7. The monoisotopic (exact) mass is 396 g/mol. The van der Waals surface area contributed by atoms with Gasteiger partial charge in [-0.1, -0.05) is 13.8 Å². The number of fused-ring (bicyclic) bond motifs is 1. The van der Waals surface area contributed by atoms with Gasteiger partial charge in [0.15, 0.2) is 0 Å². The topological polar surface area (TPSA) is 66.3 Å². The molecule has 2 aliphatic heterocycles. The minimum Gasteiger partial charge on any atom is -0.354 e. The van der Waals surface area contributed by atoms with Crippen LogP contribution in [0, 0.1) is 0 Å². The minimum absolute atomic E-state index is 0.0561. The van der Waals surface area contributed by atoms with E-state index in [4.69, 9.17) is 0 Å². The molecule has 2 aromatic rings. The van der Waals surface area contributed by atoms with E-state index < -0.39 is 0 Å². The molecule has 0 bridgehead atoms. The maximum absolute atomic E-state index is 12.4. The summed E-state index contributed by atoms with van der Waals surface area (Å²) in [4.78, 5) is 26.3. The summed E-state index contributed by atoms with van der Waals surface area (Å²) in [5.74, 6) is 2.42. The first-order chi connectivity index (χ1) is 14.1. The van der Waals surface area contributed by atoms with Crippen LogP contribution in [0.1, 0.15) is 55.2 Å². The van der Waals surface area contributed by atoms with Gasteiger partial charge in [-0.05, 0) is 37.9 Å². The summed E-state index contributed by atoms with van der Waals surface area (Å²) >= 11 is 0. The van der Waals surface area contributed by atoms with Gasteiger partial charge in [0.1, 0.15) is 11.6 Å². The molecule has 4 heterocycles. The van der Waals surface area contributed by atoms with Crippen molar-refractivity contribution in [3.8, 4) is 0 Å². The molecule has 2 aromatic heterocycles. The second-order valence-corrected chi connectivity index (χ2v) is 8.43. The number of hydrogen-bond acceptors (Lipinski definition) is 5. The van der Waals surface area contributed by atoms with Crippen LogP contribution >= 0.6 is 0 Å². The number of piperazine rings is 1. The average Bonchev–Trinajstić information content (AvgIpc) is 3.40. The average molecular weight is 397 g/mol. The normalized spacial score (nSPS) is 19.6. The van der Waals surface area contributed by atoms with E-state index in [0.29, 0.717) is 24.1 Å². The molecular weight excluding hydrogens is 364 g/mol. The summed E-state index contributed by atoms with van der Waals surface area (Å²) in [5, 5.41) is 3.01. The number of aryl methyl sites for hydroxylation is 1.